The minimum Gasteiger partial charge on any atom is -0.469 e. The van der Waals surface area contributed by atoms with Gasteiger partial charge in [0, 0.05) is 17.0 Å². The third-order valence-corrected chi connectivity index (χ3v) is 4.71. The fourth-order valence-electron chi connectivity index (χ4n) is 2.73. The molecule has 6 nitrogen and oxygen atoms in total. The number of Topliss-reactive ketones (excluding diaryl/α,β-unsaturated/α-hetero) is 1. The number of aliphatic hydroxyl groups is 1. The Morgan fingerprint density at radius 2 is 1.58 bits per heavy atom. The molecule has 1 N–H and O–H groups in total. The van der Waals surface area contributed by atoms with Gasteiger partial charge in [0.25, 0.3) is 0 Å². The zero-order valence-electron chi connectivity index (χ0n) is 15.3. The monoisotopic (exact) mass is 338 g/mol. The summed E-state index contributed by atoms with van der Waals surface area (Å²) in [6.45, 7) is 9.66. The van der Waals surface area contributed by atoms with E-state index in [-0.39, 0.29) is 11.2 Å². The lowest BCUT2D eigenvalue weighted by atomic mass is 9.84. The lowest BCUT2D eigenvalue weighted by molar-refractivity contribution is -0.150. The summed E-state index contributed by atoms with van der Waals surface area (Å²) in [4.78, 5) is 36.4. The van der Waals surface area contributed by atoms with Crippen molar-refractivity contribution in [1.82, 2.24) is 0 Å². The van der Waals surface area contributed by atoms with E-state index in [9.17, 15) is 19.5 Å². The SMILES string of the molecule is COC(=O)[C@@H](C)[C@@H](O)[C@@H](C)C(=O)[C@H](C)c1oc(C)c(C)c(=O)c1C. The normalized spacial score (nSPS) is 16.2. The van der Waals surface area contributed by atoms with Gasteiger partial charge in [0.05, 0.1) is 25.0 Å². The van der Waals surface area contributed by atoms with Crippen LogP contribution in [0.1, 0.15) is 49.3 Å². The van der Waals surface area contributed by atoms with Crippen molar-refractivity contribution in [1.29, 1.82) is 0 Å². The molecule has 0 aromatic carbocycles. The number of aliphatic hydroxyl groups excluding tert-OH is 1. The maximum Gasteiger partial charge on any atom is 0.311 e. The lowest BCUT2D eigenvalue weighted by Gasteiger charge is -2.25. The number of carbonyl (C=O) groups excluding carboxylic acids is 2. The zero-order chi connectivity index (χ0) is 18.8. The van der Waals surface area contributed by atoms with Gasteiger partial charge in [-0.25, -0.2) is 0 Å². The van der Waals surface area contributed by atoms with Gasteiger partial charge in [-0.3, -0.25) is 14.4 Å². The van der Waals surface area contributed by atoms with Crippen LogP contribution in [0.3, 0.4) is 0 Å². The Bertz CT molecular complexity index is 687. The van der Waals surface area contributed by atoms with E-state index in [2.05, 4.69) is 4.74 Å². The number of hydrogen-bond acceptors (Lipinski definition) is 6. The van der Waals surface area contributed by atoms with Crippen molar-refractivity contribution in [3.05, 3.63) is 32.9 Å². The standard InChI is InChI=1S/C18H26O6/c1-8-13(6)24-17(10(3)14(8)19)11(4)15(20)9(2)16(21)12(5)18(22)23-7/h9,11-12,16,21H,1-7H3/t9-,11-,12-,16-/m0/s1. The van der Waals surface area contributed by atoms with Gasteiger partial charge in [0.1, 0.15) is 17.3 Å². The van der Waals surface area contributed by atoms with Crippen molar-refractivity contribution >= 4 is 11.8 Å². The van der Waals surface area contributed by atoms with E-state index in [1.165, 1.54) is 14.0 Å². The third-order valence-electron chi connectivity index (χ3n) is 4.71. The first-order valence-corrected chi connectivity index (χ1v) is 7.94. The largest absolute Gasteiger partial charge is 0.469 e. The number of rotatable bonds is 6. The molecule has 0 fully saturated rings. The fraction of sp³-hybridized carbons (Fsp3) is 0.611. The van der Waals surface area contributed by atoms with Crippen molar-refractivity contribution < 1.29 is 23.8 Å². The van der Waals surface area contributed by atoms with Crippen LogP contribution in [0.15, 0.2) is 9.21 Å². The van der Waals surface area contributed by atoms with E-state index in [0.29, 0.717) is 22.6 Å². The highest BCUT2D eigenvalue weighted by molar-refractivity contribution is 5.88. The van der Waals surface area contributed by atoms with Crippen LogP contribution in [-0.2, 0) is 14.3 Å². The van der Waals surface area contributed by atoms with Gasteiger partial charge in [-0.1, -0.05) is 6.92 Å². The molecule has 6 heteroatoms. The second-order valence-electron chi connectivity index (χ2n) is 6.32. The molecular formula is C18H26O6. The zero-order valence-corrected chi connectivity index (χ0v) is 15.3. The predicted molar refractivity (Wildman–Crippen MR) is 89.0 cm³/mol. The van der Waals surface area contributed by atoms with Gasteiger partial charge in [0.15, 0.2) is 5.43 Å². The average molecular weight is 338 g/mol. The van der Waals surface area contributed by atoms with Crippen LogP contribution in [0.25, 0.3) is 0 Å². The summed E-state index contributed by atoms with van der Waals surface area (Å²) in [7, 11) is 1.23. The molecule has 0 aliphatic rings. The molecule has 1 aromatic rings. The molecule has 0 unspecified atom stereocenters. The van der Waals surface area contributed by atoms with E-state index < -0.39 is 29.8 Å². The predicted octanol–water partition coefficient (Wildman–Crippen LogP) is 2.04. The molecule has 0 spiro atoms. The second kappa shape index (κ2) is 7.75. The number of esters is 1. The minimum atomic E-state index is -1.18. The summed E-state index contributed by atoms with van der Waals surface area (Å²) in [6.07, 6.45) is -1.18. The van der Waals surface area contributed by atoms with Crippen LogP contribution < -0.4 is 5.43 Å². The third kappa shape index (κ3) is 3.75. The molecule has 0 saturated heterocycles. The van der Waals surface area contributed by atoms with E-state index in [0.717, 1.165) is 0 Å². The highest BCUT2D eigenvalue weighted by Crippen LogP contribution is 2.27. The van der Waals surface area contributed by atoms with Crippen molar-refractivity contribution in [2.75, 3.05) is 7.11 Å². The van der Waals surface area contributed by atoms with E-state index >= 15 is 0 Å². The van der Waals surface area contributed by atoms with Crippen LogP contribution in [0.4, 0.5) is 0 Å². The van der Waals surface area contributed by atoms with Crippen molar-refractivity contribution in [3.8, 4) is 0 Å². The molecule has 1 rings (SSSR count). The van der Waals surface area contributed by atoms with Gasteiger partial charge < -0.3 is 14.3 Å². The molecule has 0 bridgehead atoms. The van der Waals surface area contributed by atoms with Gasteiger partial charge in [-0.05, 0) is 34.6 Å². The maximum absolute atomic E-state index is 12.7. The van der Waals surface area contributed by atoms with Crippen LogP contribution in [-0.4, -0.2) is 30.1 Å². The summed E-state index contributed by atoms with van der Waals surface area (Å²) >= 11 is 0. The lowest BCUT2D eigenvalue weighted by Crippen LogP contribution is -2.37. The Morgan fingerprint density at radius 1 is 1.04 bits per heavy atom. The molecule has 1 heterocycles. The van der Waals surface area contributed by atoms with Crippen LogP contribution in [0.5, 0.6) is 0 Å². The number of hydrogen-bond donors (Lipinski definition) is 1. The Labute approximate surface area is 141 Å². The van der Waals surface area contributed by atoms with Gasteiger partial charge in [-0.2, -0.15) is 0 Å². The van der Waals surface area contributed by atoms with Crippen LogP contribution in [0, 0.1) is 32.6 Å². The van der Waals surface area contributed by atoms with E-state index in [4.69, 9.17) is 4.42 Å². The van der Waals surface area contributed by atoms with Gasteiger partial charge >= 0.3 is 5.97 Å². The molecule has 0 saturated carbocycles. The highest BCUT2D eigenvalue weighted by atomic mass is 16.5. The molecule has 4 atom stereocenters. The quantitative estimate of drug-likeness (QED) is 0.798. The van der Waals surface area contributed by atoms with E-state index in [1.54, 1.807) is 34.6 Å². The van der Waals surface area contributed by atoms with Crippen LogP contribution >= 0.6 is 0 Å². The fourth-order valence-corrected chi connectivity index (χ4v) is 2.73. The van der Waals surface area contributed by atoms with E-state index in [1.807, 2.05) is 0 Å². The summed E-state index contributed by atoms with van der Waals surface area (Å²) in [6, 6.07) is 0. The number of ketones is 1. The number of ether oxygens (including phenoxy) is 1. The molecule has 24 heavy (non-hydrogen) atoms. The van der Waals surface area contributed by atoms with Crippen molar-refractivity contribution in [3.63, 3.8) is 0 Å². The van der Waals surface area contributed by atoms with Gasteiger partial charge in [0.2, 0.25) is 0 Å². The highest BCUT2D eigenvalue weighted by Gasteiger charge is 2.35. The number of aryl methyl sites for hydroxylation is 1. The Morgan fingerprint density at radius 3 is 2.08 bits per heavy atom. The van der Waals surface area contributed by atoms with Crippen molar-refractivity contribution in [2.24, 2.45) is 11.8 Å². The number of carbonyl (C=O) groups is 2. The summed E-state index contributed by atoms with van der Waals surface area (Å²) < 4.78 is 10.3. The van der Waals surface area contributed by atoms with Crippen LogP contribution in [0.2, 0.25) is 0 Å². The second-order valence-corrected chi connectivity index (χ2v) is 6.32. The molecule has 0 amide bonds. The maximum atomic E-state index is 12.7. The topological polar surface area (TPSA) is 93.8 Å². The summed E-state index contributed by atoms with van der Waals surface area (Å²) in [5.41, 5.74) is 0.759. The molecule has 134 valence electrons. The summed E-state index contributed by atoms with van der Waals surface area (Å²) in [5.74, 6) is -2.44. The first-order valence-electron chi connectivity index (χ1n) is 7.94. The Kier molecular flexibility index (Phi) is 6.49. The molecule has 0 aliphatic carbocycles. The van der Waals surface area contributed by atoms with Gasteiger partial charge in [-0.15, -0.1) is 0 Å². The minimum absolute atomic E-state index is 0.149. The molecule has 0 aliphatic heterocycles. The molecular weight excluding hydrogens is 312 g/mol. The molecule has 0 radical (unpaired) electrons. The average Bonchev–Trinajstić information content (AvgIpc) is 2.58. The first-order chi connectivity index (χ1) is 11.0. The smallest absolute Gasteiger partial charge is 0.311 e. The number of methoxy groups -OCH3 is 1. The Hall–Kier alpha value is -1.95. The first kappa shape index (κ1) is 20.1. The Balaban J connectivity index is 3.12. The molecule has 1 aromatic heterocycles. The van der Waals surface area contributed by atoms with Crippen molar-refractivity contribution in [2.45, 2.75) is 53.6 Å². The summed E-state index contributed by atoms with van der Waals surface area (Å²) in [5, 5.41) is 10.3.